The molecule has 0 saturated carbocycles. The number of anilines is 3. The molecule has 2 aromatic rings. The summed E-state index contributed by atoms with van der Waals surface area (Å²) in [7, 11) is 1.98. The van der Waals surface area contributed by atoms with Crippen LogP contribution in [-0.4, -0.2) is 29.8 Å². The van der Waals surface area contributed by atoms with Gasteiger partial charge >= 0.3 is 6.03 Å². The number of carbonyl (C=O) groups excluding carboxylic acids is 1. The summed E-state index contributed by atoms with van der Waals surface area (Å²) in [5.41, 5.74) is 0.726. The van der Waals surface area contributed by atoms with E-state index in [0.29, 0.717) is 5.82 Å². The second-order valence-electron chi connectivity index (χ2n) is 5.00. The number of aromatic nitrogens is 2. The molecule has 1 aromatic heterocycles. The van der Waals surface area contributed by atoms with E-state index in [9.17, 15) is 4.79 Å². The zero-order valence-corrected chi connectivity index (χ0v) is 12.9. The molecule has 0 aliphatic carbocycles. The van der Waals surface area contributed by atoms with E-state index < -0.39 is 0 Å². The SMILES string of the molecule is CCCCN(C)c1ccc(NC(=O)Nc2ccccc2)nn1. The Morgan fingerprint density at radius 2 is 1.86 bits per heavy atom. The standard InChI is InChI=1S/C16H21N5O/c1-3-4-12-21(2)15-11-10-14(19-20-15)18-16(22)17-13-8-6-5-7-9-13/h5-11H,3-4,12H2,1-2H3,(H2,17,18,19,22). The fourth-order valence-corrected chi connectivity index (χ4v) is 1.91. The van der Waals surface area contributed by atoms with Gasteiger partial charge in [0.2, 0.25) is 0 Å². The van der Waals surface area contributed by atoms with E-state index in [2.05, 4.69) is 27.8 Å². The molecule has 0 saturated heterocycles. The van der Waals surface area contributed by atoms with Crippen LogP contribution in [0.5, 0.6) is 0 Å². The van der Waals surface area contributed by atoms with Crippen molar-refractivity contribution in [3.05, 3.63) is 42.5 Å². The molecule has 0 unspecified atom stereocenters. The van der Waals surface area contributed by atoms with Gasteiger partial charge in [0, 0.05) is 19.3 Å². The second-order valence-corrected chi connectivity index (χ2v) is 5.00. The Balaban J connectivity index is 1.89. The molecule has 2 amide bonds. The lowest BCUT2D eigenvalue weighted by molar-refractivity contribution is 0.262. The summed E-state index contributed by atoms with van der Waals surface area (Å²) in [5.74, 6) is 1.21. The molecule has 0 atom stereocenters. The van der Waals surface area contributed by atoms with Gasteiger partial charge in [0.05, 0.1) is 0 Å². The minimum absolute atomic E-state index is 0.340. The molecule has 2 N–H and O–H groups in total. The first-order valence-corrected chi connectivity index (χ1v) is 7.37. The first-order valence-electron chi connectivity index (χ1n) is 7.37. The van der Waals surface area contributed by atoms with Crippen LogP contribution in [0.1, 0.15) is 19.8 Å². The fraction of sp³-hybridized carbons (Fsp3) is 0.312. The molecule has 0 aliphatic heterocycles. The average Bonchev–Trinajstić information content (AvgIpc) is 2.54. The van der Waals surface area contributed by atoms with Crippen LogP contribution < -0.4 is 15.5 Å². The average molecular weight is 299 g/mol. The van der Waals surface area contributed by atoms with Crippen molar-refractivity contribution in [1.82, 2.24) is 10.2 Å². The third-order valence-corrected chi connectivity index (χ3v) is 3.16. The number of amides is 2. The molecule has 0 radical (unpaired) electrons. The van der Waals surface area contributed by atoms with Gasteiger partial charge in [0.25, 0.3) is 0 Å². The maximum absolute atomic E-state index is 11.8. The zero-order valence-electron chi connectivity index (χ0n) is 12.9. The van der Waals surface area contributed by atoms with Gasteiger partial charge in [0.1, 0.15) is 0 Å². The Hall–Kier alpha value is -2.63. The number of benzene rings is 1. The van der Waals surface area contributed by atoms with Crippen molar-refractivity contribution in [2.75, 3.05) is 29.1 Å². The predicted octanol–water partition coefficient (Wildman–Crippen LogP) is 3.36. The van der Waals surface area contributed by atoms with Gasteiger partial charge in [-0.25, -0.2) is 4.79 Å². The minimum atomic E-state index is -0.340. The topological polar surface area (TPSA) is 70.2 Å². The second kappa shape index (κ2) is 7.97. The van der Waals surface area contributed by atoms with E-state index in [1.165, 1.54) is 0 Å². The van der Waals surface area contributed by atoms with E-state index in [4.69, 9.17) is 0 Å². The lowest BCUT2D eigenvalue weighted by atomic mass is 10.3. The molecular formula is C16H21N5O. The Bertz CT molecular complexity index is 585. The first-order chi connectivity index (χ1) is 10.7. The Morgan fingerprint density at radius 3 is 2.50 bits per heavy atom. The van der Waals surface area contributed by atoms with Crippen LogP contribution in [-0.2, 0) is 0 Å². The summed E-state index contributed by atoms with van der Waals surface area (Å²) < 4.78 is 0. The summed E-state index contributed by atoms with van der Waals surface area (Å²) >= 11 is 0. The van der Waals surface area contributed by atoms with Gasteiger partial charge in [0.15, 0.2) is 11.6 Å². The van der Waals surface area contributed by atoms with Crippen molar-refractivity contribution < 1.29 is 4.79 Å². The molecule has 0 aliphatic rings. The van der Waals surface area contributed by atoms with E-state index in [0.717, 1.165) is 30.9 Å². The molecule has 0 spiro atoms. The Labute approximate surface area is 130 Å². The molecule has 1 aromatic carbocycles. The summed E-state index contributed by atoms with van der Waals surface area (Å²) in [6.07, 6.45) is 2.24. The zero-order chi connectivity index (χ0) is 15.8. The van der Waals surface area contributed by atoms with E-state index in [1.807, 2.05) is 48.3 Å². The first kappa shape index (κ1) is 15.8. The van der Waals surface area contributed by atoms with Gasteiger partial charge in [-0.1, -0.05) is 31.5 Å². The number of para-hydroxylation sites is 1. The number of urea groups is 1. The number of rotatable bonds is 6. The van der Waals surface area contributed by atoms with E-state index in [-0.39, 0.29) is 6.03 Å². The third kappa shape index (κ3) is 4.73. The Kier molecular flexibility index (Phi) is 5.71. The van der Waals surface area contributed by atoms with Crippen molar-refractivity contribution in [3.8, 4) is 0 Å². The van der Waals surface area contributed by atoms with Crippen LogP contribution in [0.15, 0.2) is 42.5 Å². The maximum Gasteiger partial charge on any atom is 0.324 e. The fourth-order valence-electron chi connectivity index (χ4n) is 1.91. The lowest BCUT2D eigenvalue weighted by Gasteiger charge is -2.17. The van der Waals surface area contributed by atoms with Crippen LogP contribution >= 0.6 is 0 Å². The maximum atomic E-state index is 11.8. The number of unbranched alkanes of at least 4 members (excludes halogenated alkanes) is 1. The molecule has 6 heteroatoms. The predicted molar refractivity (Wildman–Crippen MR) is 89.3 cm³/mol. The summed E-state index contributed by atoms with van der Waals surface area (Å²) in [4.78, 5) is 13.9. The molecule has 2 rings (SSSR count). The third-order valence-electron chi connectivity index (χ3n) is 3.16. The molecule has 0 bridgehead atoms. The molecule has 116 valence electrons. The van der Waals surface area contributed by atoms with Gasteiger partial charge in [-0.3, -0.25) is 5.32 Å². The van der Waals surface area contributed by atoms with Crippen LogP contribution in [0.3, 0.4) is 0 Å². The van der Waals surface area contributed by atoms with Crippen molar-refractivity contribution in [3.63, 3.8) is 0 Å². The van der Waals surface area contributed by atoms with Gasteiger partial charge in [-0.2, -0.15) is 0 Å². The van der Waals surface area contributed by atoms with Crippen molar-refractivity contribution in [2.24, 2.45) is 0 Å². The number of nitrogens with zero attached hydrogens (tertiary/aromatic N) is 3. The van der Waals surface area contributed by atoms with E-state index >= 15 is 0 Å². The molecule has 1 heterocycles. The molecule has 6 nitrogen and oxygen atoms in total. The highest BCUT2D eigenvalue weighted by Crippen LogP contribution is 2.11. The summed E-state index contributed by atoms with van der Waals surface area (Å²) in [6.45, 7) is 3.09. The van der Waals surface area contributed by atoms with Gasteiger partial charge in [-0.15, -0.1) is 10.2 Å². The molecular weight excluding hydrogens is 278 g/mol. The number of nitrogens with one attached hydrogen (secondary N) is 2. The monoisotopic (exact) mass is 299 g/mol. The van der Waals surface area contributed by atoms with Crippen LogP contribution in [0.25, 0.3) is 0 Å². The smallest absolute Gasteiger partial charge is 0.324 e. The van der Waals surface area contributed by atoms with Crippen molar-refractivity contribution in [2.45, 2.75) is 19.8 Å². The Morgan fingerprint density at radius 1 is 1.09 bits per heavy atom. The molecule has 22 heavy (non-hydrogen) atoms. The van der Waals surface area contributed by atoms with Crippen LogP contribution in [0.4, 0.5) is 22.1 Å². The van der Waals surface area contributed by atoms with Crippen molar-refractivity contribution >= 4 is 23.4 Å². The van der Waals surface area contributed by atoms with Crippen LogP contribution in [0.2, 0.25) is 0 Å². The highest BCUT2D eigenvalue weighted by atomic mass is 16.2. The number of hydrogen-bond acceptors (Lipinski definition) is 4. The highest BCUT2D eigenvalue weighted by Gasteiger charge is 2.06. The van der Waals surface area contributed by atoms with Crippen LogP contribution in [0, 0.1) is 0 Å². The summed E-state index contributed by atoms with van der Waals surface area (Å²) in [6, 6.07) is 12.5. The number of hydrogen-bond donors (Lipinski definition) is 2. The van der Waals surface area contributed by atoms with Gasteiger partial charge < -0.3 is 10.2 Å². The quantitative estimate of drug-likeness (QED) is 0.858. The largest absolute Gasteiger partial charge is 0.358 e. The highest BCUT2D eigenvalue weighted by molar-refractivity contribution is 5.99. The normalized spacial score (nSPS) is 10.1. The van der Waals surface area contributed by atoms with Crippen molar-refractivity contribution in [1.29, 1.82) is 0 Å². The minimum Gasteiger partial charge on any atom is -0.358 e. The summed E-state index contributed by atoms with van der Waals surface area (Å²) in [5, 5.41) is 13.5. The lowest BCUT2D eigenvalue weighted by Crippen LogP contribution is -2.22. The number of carbonyl (C=O) groups is 1. The van der Waals surface area contributed by atoms with Gasteiger partial charge in [-0.05, 0) is 30.7 Å². The molecule has 0 fully saturated rings. The van der Waals surface area contributed by atoms with E-state index in [1.54, 1.807) is 6.07 Å².